The summed E-state index contributed by atoms with van der Waals surface area (Å²) in [5.41, 5.74) is 1.52. The fraction of sp³-hybridized carbons (Fsp3) is 0.250. The van der Waals surface area contributed by atoms with Crippen molar-refractivity contribution < 1.29 is 4.79 Å². The van der Waals surface area contributed by atoms with Gasteiger partial charge in [-0.3, -0.25) is 9.78 Å². The Morgan fingerprint density at radius 3 is 2.73 bits per heavy atom. The minimum Gasteiger partial charge on any atom is -0.294 e. The molecule has 0 aliphatic carbocycles. The van der Waals surface area contributed by atoms with Gasteiger partial charge < -0.3 is 0 Å². The highest BCUT2D eigenvalue weighted by atomic mass is 127. The topological polar surface area (TPSA) is 30.0 Å². The van der Waals surface area contributed by atoms with Crippen molar-refractivity contribution >= 4 is 28.4 Å². The number of carbonyl (C=O) groups excluding carboxylic acids is 1. The van der Waals surface area contributed by atoms with Crippen molar-refractivity contribution in [3.8, 4) is 0 Å². The Kier molecular flexibility index (Phi) is 2.59. The molecule has 0 saturated heterocycles. The molecule has 1 aromatic heterocycles. The summed E-state index contributed by atoms with van der Waals surface area (Å²) < 4.78 is 0.999. The Hall–Kier alpha value is -0.450. The van der Waals surface area contributed by atoms with E-state index < -0.39 is 0 Å². The standard InChI is InChI=1S/C8H8INO/c1-5-8(6(2)11)3-7(9)4-10-5/h3-4H,1-2H3. The van der Waals surface area contributed by atoms with Gasteiger partial charge in [0.15, 0.2) is 5.78 Å². The molecule has 0 unspecified atom stereocenters. The molecule has 0 aliphatic rings. The molecule has 0 amide bonds. The maximum Gasteiger partial charge on any atom is 0.161 e. The Labute approximate surface area is 79.2 Å². The second-order valence-corrected chi connectivity index (χ2v) is 3.59. The number of Topliss-reactive ketones (excluding diaryl/α,β-unsaturated/α-hetero) is 1. The highest BCUT2D eigenvalue weighted by molar-refractivity contribution is 14.1. The first-order valence-corrected chi connectivity index (χ1v) is 4.32. The van der Waals surface area contributed by atoms with Crippen LogP contribution in [0.5, 0.6) is 0 Å². The molecule has 1 rings (SSSR count). The predicted octanol–water partition coefficient (Wildman–Crippen LogP) is 2.20. The zero-order chi connectivity index (χ0) is 8.43. The van der Waals surface area contributed by atoms with Crippen molar-refractivity contribution in [2.45, 2.75) is 13.8 Å². The summed E-state index contributed by atoms with van der Waals surface area (Å²) >= 11 is 2.14. The SMILES string of the molecule is CC(=O)c1cc(I)cnc1C. The van der Waals surface area contributed by atoms with E-state index in [1.165, 1.54) is 0 Å². The van der Waals surface area contributed by atoms with E-state index in [9.17, 15) is 4.79 Å². The molecule has 11 heavy (non-hydrogen) atoms. The maximum absolute atomic E-state index is 11.0. The molecule has 0 aromatic carbocycles. The van der Waals surface area contributed by atoms with Crippen LogP contribution in [0.2, 0.25) is 0 Å². The maximum atomic E-state index is 11.0. The van der Waals surface area contributed by atoms with Crippen LogP contribution >= 0.6 is 22.6 Å². The molecule has 0 spiro atoms. The molecule has 0 aliphatic heterocycles. The first-order valence-electron chi connectivity index (χ1n) is 3.24. The minimum atomic E-state index is 0.0773. The Morgan fingerprint density at radius 2 is 2.27 bits per heavy atom. The van der Waals surface area contributed by atoms with Crippen LogP contribution in [0.15, 0.2) is 12.3 Å². The fourth-order valence-electron chi connectivity index (χ4n) is 0.864. The van der Waals surface area contributed by atoms with Crippen molar-refractivity contribution in [1.29, 1.82) is 0 Å². The van der Waals surface area contributed by atoms with Gasteiger partial charge in [-0.2, -0.15) is 0 Å². The number of nitrogens with zero attached hydrogens (tertiary/aromatic N) is 1. The second-order valence-electron chi connectivity index (χ2n) is 2.34. The smallest absolute Gasteiger partial charge is 0.161 e. The van der Waals surface area contributed by atoms with Crippen molar-refractivity contribution in [3.05, 3.63) is 27.1 Å². The Bertz CT molecular complexity index is 296. The lowest BCUT2D eigenvalue weighted by Crippen LogP contribution is -1.98. The Balaban J connectivity index is 3.23. The van der Waals surface area contributed by atoms with Gasteiger partial charge in [0, 0.05) is 21.0 Å². The lowest BCUT2D eigenvalue weighted by atomic mass is 10.1. The van der Waals surface area contributed by atoms with Crippen LogP contribution in [0, 0.1) is 10.5 Å². The molecular weight excluding hydrogens is 253 g/mol. The summed E-state index contributed by atoms with van der Waals surface area (Å²) in [5.74, 6) is 0.0773. The highest BCUT2D eigenvalue weighted by Crippen LogP contribution is 2.10. The van der Waals surface area contributed by atoms with Gasteiger partial charge in [0.25, 0.3) is 0 Å². The molecule has 0 fully saturated rings. The molecule has 1 aromatic rings. The van der Waals surface area contributed by atoms with E-state index in [4.69, 9.17) is 0 Å². The number of pyridine rings is 1. The van der Waals surface area contributed by atoms with Gasteiger partial charge in [0.1, 0.15) is 0 Å². The number of hydrogen-bond acceptors (Lipinski definition) is 2. The fourth-order valence-corrected chi connectivity index (χ4v) is 1.31. The third-order valence-corrected chi connectivity index (χ3v) is 2.02. The van der Waals surface area contributed by atoms with Crippen LogP contribution in [0.25, 0.3) is 0 Å². The van der Waals surface area contributed by atoms with Gasteiger partial charge in [0.05, 0.1) is 0 Å². The van der Waals surface area contributed by atoms with Crippen molar-refractivity contribution in [3.63, 3.8) is 0 Å². The molecule has 1 heterocycles. The van der Waals surface area contributed by atoms with E-state index in [0.717, 1.165) is 14.8 Å². The number of ketones is 1. The largest absolute Gasteiger partial charge is 0.294 e. The molecular formula is C8H8INO. The van der Waals surface area contributed by atoms with Crippen LogP contribution in [0.1, 0.15) is 23.0 Å². The lowest BCUT2D eigenvalue weighted by molar-refractivity contribution is 0.101. The molecule has 58 valence electrons. The molecule has 0 radical (unpaired) electrons. The van der Waals surface area contributed by atoms with Crippen molar-refractivity contribution in [2.24, 2.45) is 0 Å². The van der Waals surface area contributed by atoms with E-state index in [1.807, 2.05) is 13.0 Å². The highest BCUT2D eigenvalue weighted by Gasteiger charge is 2.04. The first-order chi connectivity index (χ1) is 5.11. The summed E-state index contributed by atoms with van der Waals surface area (Å²) in [5, 5.41) is 0. The number of aromatic nitrogens is 1. The molecule has 0 atom stereocenters. The number of rotatable bonds is 1. The molecule has 3 heteroatoms. The molecule has 2 nitrogen and oxygen atoms in total. The lowest BCUT2D eigenvalue weighted by Gasteiger charge is -1.99. The number of carbonyl (C=O) groups is 1. The van der Waals surface area contributed by atoms with Gasteiger partial charge in [-0.1, -0.05) is 0 Å². The van der Waals surface area contributed by atoms with Gasteiger partial charge in [0.2, 0.25) is 0 Å². The predicted molar refractivity (Wildman–Crippen MR) is 51.7 cm³/mol. The van der Waals surface area contributed by atoms with Crippen molar-refractivity contribution in [1.82, 2.24) is 4.98 Å². The van der Waals surface area contributed by atoms with Crippen LogP contribution in [0.3, 0.4) is 0 Å². The van der Waals surface area contributed by atoms with E-state index in [1.54, 1.807) is 13.1 Å². The third kappa shape index (κ3) is 1.99. The minimum absolute atomic E-state index is 0.0773. The molecule has 0 saturated carbocycles. The van der Waals surface area contributed by atoms with Gasteiger partial charge in [-0.05, 0) is 42.5 Å². The van der Waals surface area contributed by atoms with Crippen LogP contribution in [-0.4, -0.2) is 10.8 Å². The average Bonchev–Trinajstić information content (AvgIpc) is 1.94. The molecule has 0 N–H and O–H groups in total. The van der Waals surface area contributed by atoms with Crippen LogP contribution in [-0.2, 0) is 0 Å². The first kappa shape index (κ1) is 8.64. The van der Waals surface area contributed by atoms with E-state index in [2.05, 4.69) is 27.6 Å². The summed E-state index contributed by atoms with van der Waals surface area (Å²) in [6.45, 7) is 3.40. The zero-order valence-electron chi connectivity index (χ0n) is 6.39. The van der Waals surface area contributed by atoms with Gasteiger partial charge >= 0.3 is 0 Å². The average molecular weight is 261 g/mol. The van der Waals surface area contributed by atoms with E-state index >= 15 is 0 Å². The second kappa shape index (κ2) is 3.30. The number of hydrogen-bond donors (Lipinski definition) is 0. The normalized spacial score (nSPS) is 9.73. The van der Waals surface area contributed by atoms with Crippen molar-refractivity contribution in [2.75, 3.05) is 0 Å². The van der Waals surface area contributed by atoms with Gasteiger partial charge in [-0.25, -0.2) is 0 Å². The zero-order valence-corrected chi connectivity index (χ0v) is 8.55. The number of halogens is 1. The molecule has 0 bridgehead atoms. The van der Waals surface area contributed by atoms with Crippen LogP contribution in [0.4, 0.5) is 0 Å². The van der Waals surface area contributed by atoms with Gasteiger partial charge in [-0.15, -0.1) is 0 Å². The van der Waals surface area contributed by atoms with Crippen LogP contribution < -0.4 is 0 Å². The number of aryl methyl sites for hydroxylation is 1. The quantitative estimate of drug-likeness (QED) is 0.573. The summed E-state index contributed by atoms with van der Waals surface area (Å²) in [7, 11) is 0. The Morgan fingerprint density at radius 1 is 1.64 bits per heavy atom. The third-order valence-electron chi connectivity index (χ3n) is 1.43. The van der Waals surface area contributed by atoms with E-state index in [0.29, 0.717) is 0 Å². The summed E-state index contributed by atoms with van der Waals surface area (Å²) in [6.07, 6.45) is 1.75. The summed E-state index contributed by atoms with van der Waals surface area (Å²) in [6, 6.07) is 1.85. The monoisotopic (exact) mass is 261 g/mol. The van der Waals surface area contributed by atoms with E-state index in [-0.39, 0.29) is 5.78 Å². The summed E-state index contributed by atoms with van der Waals surface area (Å²) in [4.78, 5) is 15.0.